The van der Waals surface area contributed by atoms with Crippen molar-refractivity contribution in [2.75, 3.05) is 13.1 Å². The fourth-order valence-corrected chi connectivity index (χ4v) is 3.62. The minimum atomic E-state index is -0.180. The van der Waals surface area contributed by atoms with Crippen molar-refractivity contribution in [3.05, 3.63) is 59.5 Å². The summed E-state index contributed by atoms with van der Waals surface area (Å²) in [4.78, 5) is 14.4. The predicted octanol–water partition coefficient (Wildman–Crippen LogP) is 3.69. The number of rotatable bonds is 5. The van der Waals surface area contributed by atoms with Gasteiger partial charge < -0.3 is 9.73 Å². The number of likely N-dealkylation sites (tertiary alicyclic amines) is 1. The molecule has 2 atom stereocenters. The summed E-state index contributed by atoms with van der Waals surface area (Å²) >= 11 is 0. The lowest BCUT2D eigenvalue weighted by Crippen LogP contribution is -2.38. The number of benzene rings is 1. The van der Waals surface area contributed by atoms with Crippen LogP contribution in [0.15, 0.2) is 47.1 Å². The van der Waals surface area contributed by atoms with Crippen molar-refractivity contribution >= 4 is 5.91 Å². The van der Waals surface area contributed by atoms with Crippen LogP contribution in [-0.2, 0) is 13.1 Å². The Labute approximate surface area is 143 Å². The van der Waals surface area contributed by atoms with Crippen LogP contribution in [0.4, 0.5) is 0 Å². The first-order chi connectivity index (χ1) is 11.6. The summed E-state index contributed by atoms with van der Waals surface area (Å²) in [5, 5.41) is 2.87. The molecule has 2 aromatic rings. The van der Waals surface area contributed by atoms with Gasteiger partial charge >= 0.3 is 0 Å². The quantitative estimate of drug-likeness (QED) is 0.911. The molecule has 0 spiro atoms. The molecule has 1 aliphatic rings. The van der Waals surface area contributed by atoms with Crippen LogP contribution in [-0.4, -0.2) is 23.9 Å². The molecule has 1 N–H and O–H groups in total. The van der Waals surface area contributed by atoms with Crippen LogP contribution >= 0.6 is 0 Å². The molecule has 1 fully saturated rings. The summed E-state index contributed by atoms with van der Waals surface area (Å²) in [6.45, 7) is 8.57. The van der Waals surface area contributed by atoms with Gasteiger partial charge in [0.2, 0.25) is 0 Å². The van der Waals surface area contributed by atoms with E-state index in [9.17, 15) is 4.79 Å². The summed E-state index contributed by atoms with van der Waals surface area (Å²) in [6, 6.07) is 11.9. The molecule has 0 bridgehead atoms. The van der Waals surface area contributed by atoms with Gasteiger partial charge in [-0.3, -0.25) is 9.69 Å². The number of nitrogens with zero attached hydrogens (tertiary/aromatic N) is 1. The largest absolute Gasteiger partial charge is 0.459 e. The van der Waals surface area contributed by atoms with E-state index in [1.54, 1.807) is 12.1 Å². The van der Waals surface area contributed by atoms with E-state index in [0.717, 1.165) is 23.9 Å². The SMILES string of the molecule is CC1CC(C)CN(Cc2ccc(CNC(=O)c3ccco3)cc2)C1. The third-order valence-electron chi connectivity index (χ3n) is 4.57. The molecule has 2 heterocycles. The Morgan fingerprint density at radius 1 is 1.12 bits per heavy atom. The van der Waals surface area contributed by atoms with Crippen LogP contribution in [0, 0.1) is 11.8 Å². The number of nitrogens with one attached hydrogen (secondary N) is 1. The lowest BCUT2D eigenvalue weighted by atomic mass is 9.91. The van der Waals surface area contributed by atoms with Crippen molar-refractivity contribution in [3.63, 3.8) is 0 Å². The average molecular weight is 326 g/mol. The number of amides is 1. The van der Waals surface area contributed by atoms with E-state index < -0.39 is 0 Å². The minimum Gasteiger partial charge on any atom is -0.459 e. The second-order valence-electron chi connectivity index (χ2n) is 7.12. The monoisotopic (exact) mass is 326 g/mol. The smallest absolute Gasteiger partial charge is 0.287 e. The maximum atomic E-state index is 11.9. The van der Waals surface area contributed by atoms with Crippen LogP contribution in [0.5, 0.6) is 0 Å². The normalized spacial score (nSPS) is 21.6. The lowest BCUT2D eigenvalue weighted by molar-refractivity contribution is 0.0923. The zero-order valence-corrected chi connectivity index (χ0v) is 14.5. The number of carbonyl (C=O) groups is 1. The zero-order valence-electron chi connectivity index (χ0n) is 14.5. The fourth-order valence-electron chi connectivity index (χ4n) is 3.62. The highest BCUT2D eigenvalue weighted by molar-refractivity contribution is 5.91. The average Bonchev–Trinajstić information content (AvgIpc) is 3.07. The Morgan fingerprint density at radius 2 is 1.79 bits per heavy atom. The van der Waals surface area contributed by atoms with Crippen molar-refractivity contribution in [2.45, 2.75) is 33.4 Å². The second kappa shape index (κ2) is 7.67. The van der Waals surface area contributed by atoms with Gasteiger partial charge in [-0.05, 0) is 41.5 Å². The molecule has 0 aliphatic carbocycles. The van der Waals surface area contributed by atoms with Gasteiger partial charge in [-0.15, -0.1) is 0 Å². The van der Waals surface area contributed by atoms with Gasteiger partial charge in [0.25, 0.3) is 5.91 Å². The molecule has 128 valence electrons. The van der Waals surface area contributed by atoms with Crippen LogP contribution < -0.4 is 5.32 Å². The number of carbonyl (C=O) groups excluding carboxylic acids is 1. The highest BCUT2D eigenvalue weighted by Crippen LogP contribution is 2.22. The van der Waals surface area contributed by atoms with Crippen LogP contribution in [0.1, 0.15) is 41.9 Å². The highest BCUT2D eigenvalue weighted by Gasteiger charge is 2.21. The molecule has 1 amide bonds. The van der Waals surface area contributed by atoms with Crippen LogP contribution in [0.25, 0.3) is 0 Å². The van der Waals surface area contributed by atoms with E-state index >= 15 is 0 Å². The molecule has 3 rings (SSSR count). The fraction of sp³-hybridized carbons (Fsp3) is 0.450. The minimum absolute atomic E-state index is 0.180. The zero-order chi connectivity index (χ0) is 16.9. The van der Waals surface area contributed by atoms with Crippen molar-refractivity contribution in [1.82, 2.24) is 10.2 Å². The van der Waals surface area contributed by atoms with Crippen molar-refractivity contribution in [2.24, 2.45) is 11.8 Å². The van der Waals surface area contributed by atoms with E-state index in [1.165, 1.54) is 31.3 Å². The Bertz CT molecular complexity index is 639. The third-order valence-corrected chi connectivity index (χ3v) is 4.57. The number of piperidine rings is 1. The number of hydrogen-bond acceptors (Lipinski definition) is 3. The molecule has 24 heavy (non-hydrogen) atoms. The van der Waals surface area contributed by atoms with E-state index in [2.05, 4.69) is 48.3 Å². The Morgan fingerprint density at radius 3 is 2.42 bits per heavy atom. The van der Waals surface area contributed by atoms with Gasteiger partial charge in [0, 0.05) is 26.2 Å². The van der Waals surface area contributed by atoms with E-state index in [0.29, 0.717) is 12.3 Å². The summed E-state index contributed by atoms with van der Waals surface area (Å²) in [7, 11) is 0. The topological polar surface area (TPSA) is 45.5 Å². The van der Waals surface area contributed by atoms with Crippen LogP contribution in [0.3, 0.4) is 0 Å². The van der Waals surface area contributed by atoms with Gasteiger partial charge in [-0.25, -0.2) is 0 Å². The first kappa shape index (κ1) is 16.8. The molecule has 4 heteroatoms. The Hall–Kier alpha value is -2.07. The third kappa shape index (κ3) is 4.48. The van der Waals surface area contributed by atoms with E-state index in [4.69, 9.17) is 4.42 Å². The standard InChI is InChI=1S/C20H26N2O2/c1-15-10-16(2)13-22(12-15)14-18-7-5-17(6-8-18)11-21-20(23)19-4-3-9-24-19/h3-9,15-16H,10-14H2,1-2H3,(H,21,23). The molecule has 1 aliphatic heterocycles. The second-order valence-corrected chi connectivity index (χ2v) is 7.12. The molecule has 4 nitrogen and oxygen atoms in total. The molecule has 1 aromatic heterocycles. The van der Waals surface area contributed by atoms with Crippen molar-refractivity contribution in [1.29, 1.82) is 0 Å². The summed E-state index contributed by atoms with van der Waals surface area (Å²) < 4.78 is 5.09. The van der Waals surface area contributed by atoms with E-state index in [1.807, 2.05) is 0 Å². The first-order valence-electron chi connectivity index (χ1n) is 8.72. The summed E-state index contributed by atoms with van der Waals surface area (Å²) in [5.74, 6) is 1.73. The molecule has 0 saturated carbocycles. The Balaban J connectivity index is 1.51. The molecular formula is C20H26N2O2. The van der Waals surface area contributed by atoms with Gasteiger partial charge in [-0.1, -0.05) is 38.1 Å². The molecule has 1 aromatic carbocycles. The van der Waals surface area contributed by atoms with Gasteiger partial charge in [-0.2, -0.15) is 0 Å². The molecule has 2 unspecified atom stereocenters. The molecule has 1 saturated heterocycles. The lowest BCUT2D eigenvalue weighted by Gasteiger charge is -2.35. The molecule has 0 radical (unpaired) electrons. The summed E-state index contributed by atoms with van der Waals surface area (Å²) in [6.07, 6.45) is 2.84. The first-order valence-corrected chi connectivity index (χ1v) is 8.72. The van der Waals surface area contributed by atoms with Crippen molar-refractivity contribution < 1.29 is 9.21 Å². The van der Waals surface area contributed by atoms with Gasteiger partial charge in [0.15, 0.2) is 5.76 Å². The van der Waals surface area contributed by atoms with Crippen molar-refractivity contribution in [3.8, 4) is 0 Å². The summed E-state index contributed by atoms with van der Waals surface area (Å²) in [5.41, 5.74) is 2.43. The number of furan rings is 1. The van der Waals surface area contributed by atoms with Crippen LogP contribution in [0.2, 0.25) is 0 Å². The van der Waals surface area contributed by atoms with Gasteiger partial charge in [0.1, 0.15) is 0 Å². The Kier molecular flexibility index (Phi) is 5.36. The number of hydrogen-bond donors (Lipinski definition) is 1. The molecular weight excluding hydrogens is 300 g/mol. The highest BCUT2D eigenvalue weighted by atomic mass is 16.3. The van der Waals surface area contributed by atoms with Gasteiger partial charge in [0.05, 0.1) is 6.26 Å². The maximum Gasteiger partial charge on any atom is 0.287 e. The maximum absolute atomic E-state index is 11.9. The van der Waals surface area contributed by atoms with E-state index in [-0.39, 0.29) is 5.91 Å². The predicted molar refractivity (Wildman–Crippen MR) is 94.5 cm³/mol.